The predicted octanol–water partition coefficient (Wildman–Crippen LogP) is 3.21. The van der Waals surface area contributed by atoms with Crippen LogP contribution in [0.15, 0.2) is 42.9 Å². The van der Waals surface area contributed by atoms with E-state index in [1.807, 2.05) is 31.6 Å². The first-order valence-electron chi connectivity index (χ1n) is 9.84. The Morgan fingerprint density at radius 2 is 1.81 bits per heavy atom. The van der Waals surface area contributed by atoms with Crippen LogP contribution in [-0.4, -0.2) is 51.0 Å². The van der Waals surface area contributed by atoms with Gasteiger partial charge in [0, 0.05) is 36.3 Å². The molecule has 1 aliphatic rings. The monoisotopic (exact) mass is 449 g/mol. The van der Waals surface area contributed by atoms with Crippen LogP contribution in [0.25, 0.3) is 21.9 Å². The van der Waals surface area contributed by atoms with Gasteiger partial charge in [-0.25, -0.2) is 9.78 Å². The number of piperidine rings is 1. The molecule has 0 atom stereocenters. The zero-order valence-electron chi connectivity index (χ0n) is 17.2. The Morgan fingerprint density at radius 3 is 2.41 bits per heavy atom. The lowest BCUT2D eigenvalue weighted by molar-refractivity contribution is -0.192. The van der Waals surface area contributed by atoms with Crippen molar-refractivity contribution in [2.24, 2.45) is 13.0 Å². The summed E-state index contributed by atoms with van der Waals surface area (Å²) in [7, 11) is 1.91. The molecule has 0 saturated carbocycles. The van der Waals surface area contributed by atoms with Crippen molar-refractivity contribution in [3.63, 3.8) is 0 Å². The molecule has 170 valence electrons. The average molecular weight is 449 g/mol. The minimum absolute atomic E-state index is 0.0664. The van der Waals surface area contributed by atoms with Crippen LogP contribution >= 0.6 is 0 Å². The van der Waals surface area contributed by atoms with E-state index in [1.54, 1.807) is 10.9 Å². The number of rotatable bonds is 3. The molecule has 0 aliphatic carbocycles. The van der Waals surface area contributed by atoms with Gasteiger partial charge in [-0.15, -0.1) is 0 Å². The second kappa shape index (κ2) is 9.77. The fraction of sp³-hybridized carbons (Fsp3) is 0.333. The van der Waals surface area contributed by atoms with Crippen molar-refractivity contribution in [2.75, 3.05) is 18.4 Å². The Labute approximate surface area is 181 Å². The van der Waals surface area contributed by atoms with Gasteiger partial charge in [0.25, 0.3) is 0 Å². The van der Waals surface area contributed by atoms with Crippen LogP contribution in [0.1, 0.15) is 12.8 Å². The molecule has 3 heterocycles. The van der Waals surface area contributed by atoms with Crippen molar-refractivity contribution < 1.29 is 27.9 Å². The third kappa shape index (κ3) is 6.03. The lowest BCUT2D eigenvalue weighted by Gasteiger charge is -2.21. The number of carboxylic acid groups (broad SMARTS) is 1. The molecule has 0 unspecified atom stereocenters. The number of carbonyl (C=O) groups is 2. The largest absolute Gasteiger partial charge is 0.490 e. The van der Waals surface area contributed by atoms with Gasteiger partial charge < -0.3 is 15.7 Å². The first-order valence-corrected chi connectivity index (χ1v) is 9.84. The van der Waals surface area contributed by atoms with E-state index in [-0.39, 0.29) is 11.8 Å². The number of hydrogen-bond donors (Lipinski definition) is 3. The lowest BCUT2D eigenvalue weighted by atomic mass is 9.97. The van der Waals surface area contributed by atoms with E-state index in [1.165, 1.54) is 0 Å². The molecular weight excluding hydrogens is 427 g/mol. The maximum Gasteiger partial charge on any atom is 0.490 e. The summed E-state index contributed by atoms with van der Waals surface area (Å²) in [5.41, 5.74) is 2.17. The summed E-state index contributed by atoms with van der Waals surface area (Å²) >= 11 is 0. The van der Waals surface area contributed by atoms with Gasteiger partial charge in [0.1, 0.15) is 5.82 Å². The molecule has 4 rings (SSSR count). The highest BCUT2D eigenvalue weighted by Crippen LogP contribution is 2.25. The summed E-state index contributed by atoms with van der Waals surface area (Å²) < 4.78 is 33.5. The van der Waals surface area contributed by atoms with E-state index in [0.717, 1.165) is 47.8 Å². The van der Waals surface area contributed by atoms with E-state index in [4.69, 9.17) is 9.90 Å². The van der Waals surface area contributed by atoms with Gasteiger partial charge in [0.2, 0.25) is 5.91 Å². The fourth-order valence-corrected chi connectivity index (χ4v) is 3.27. The summed E-state index contributed by atoms with van der Waals surface area (Å²) in [6, 6.07) is 8.15. The van der Waals surface area contributed by atoms with Crippen LogP contribution in [-0.2, 0) is 16.6 Å². The van der Waals surface area contributed by atoms with Gasteiger partial charge in [0.05, 0.1) is 6.20 Å². The maximum atomic E-state index is 12.4. The highest BCUT2D eigenvalue weighted by atomic mass is 19.4. The number of aryl methyl sites for hydroxylation is 1. The molecule has 1 saturated heterocycles. The SMILES string of the molecule is Cn1cc(-c2ccc3cnc(NC(=O)C4CCNCC4)cc3c2)cn1.O=C(O)C(F)(F)F. The summed E-state index contributed by atoms with van der Waals surface area (Å²) in [6.45, 7) is 1.80. The number of halogens is 3. The van der Waals surface area contributed by atoms with E-state index < -0.39 is 12.1 Å². The van der Waals surface area contributed by atoms with Crippen LogP contribution in [0.4, 0.5) is 19.0 Å². The number of anilines is 1. The Hall–Kier alpha value is -3.47. The van der Waals surface area contributed by atoms with Crippen LogP contribution in [0.3, 0.4) is 0 Å². The van der Waals surface area contributed by atoms with Gasteiger partial charge in [-0.2, -0.15) is 18.3 Å². The first kappa shape index (κ1) is 23.2. The van der Waals surface area contributed by atoms with Crippen molar-refractivity contribution in [3.05, 3.63) is 42.9 Å². The van der Waals surface area contributed by atoms with Crippen molar-refractivity contribution >= 4 is 28.5 Å². The Bertz CT molecular complexity index is 1110. The number of pyridine rings is 1. The molecule has 0 bridgehead atoms. The number of fused-ring (bicyclic) bond motifs is 1. The predicted molar refractivity (Wildman–Crippen MR) is 112 cm³/mol. The molecule has 8 nitrogen and oxygen atoms in total. The lowest BCUT2D eigenvalue weighted by Crippen LogP contribution is -2.34. The van der Waals surface area contributed by atoms with Gasteiger partial charge in [0.15, 0.2) is 0 Å². The molecule has 0 spiro atoms. The van der Waals surface area contributed by atoms with Crippen LogP contribution in [0, 0.1) is 5.92 Å². The Morgan fingerprint density at radius 1 is 1.12 bits per heavy atom. The van der Waals surface area contributed by atoms with Gasteiger partial charge in [-0.3, -0.25) is 9.48 Å². The number of benzene rings is 1. The summed E-state index contributed by atoms with van der Waals surface area (Å²) in [5, 5.41) is 19.7. The molecule has 11 heteroatoms. The third-order valence-corrected chi connectivity index (χ3v) is 4.96. The molecule has 32 heavy (non-hydrogen) atoms. The molecule has 1 amide bonds. The Kier molecular flexibility index (Phi) is 7.08. The third-order valence-electron chi connectivity index (χ3n) is 4.96. The van der Waals surface area contributed by atoms with Crippen molar-refractivity contribution in [3.8, 4) is 11.1 Å². The number of alkyl halides is 3. The molecule has 0 radical (unpaired) electrons. The number of nitrogens with one attached hydrogen (secondary N) is 2. The smallest absolute Gasteiger partial charge is 0.475 e. The minimum atomic E-state index is -5.08. The van der Waals surface area contributed by atoms with Crippen molar-refractivity contribution in [1.82, 2.24) is 20.1 Å². The highest BCUT2D eigenvalue weighted by molar-refractivity contribution is 5.95. The second-order valence-electron chi connectivity index (χ2n) is 7.35. The summed E-state index contributed by atoms with van der Waals surface area (Å²) in [6.07, 6.45) is 2.32. The van der Waals surface area contributed by atoms with Crippen LogP contribution < -0.4 is 10.6 Å². The molecule has 3 aromatic rings. The molecule has 3 N–H and O–H groups in total. The minimum Gasteiger partial charge on any atom is -0.475 e. The number of nitrogens with zero attached hydrogens (tertiary/aromatic N) is 3. The van der Waals surface area contributed by atoms with Crippen molar-refractivity contribution in [2.45, 2.75) is 19.0 Å². The number of carboxylic acids is 1. The maximum absolute atomic E-state index is 12.4. The summed E-state index contributed by atoms with van der Waals surface area (Å²) in [5.74, 6) is -2.01. The molecule has 1 aliphatic heterocycles. The van der Waals surface area contributed by atoms with E-state index in [2.05, 4.69) is 32.8 Å². The summed E-state index contributed by atoms with van der Waals surface area (Å²) in [4.78, 5) is 25.7. The van der Waals surface area contributed by atoms with Crippen LogP contribution in [0.2, 0.25) is 0 Å². The molecule has 1 fully saturated rings. The number of amides is 1. The normalized spacial score (nSPS) is 14.5. The average Bonchev–Trinajstić information content (AvgIpc) is 3.20. The van der Waals surface area contributed by atoms with Crippen LogP contribution in [0.5, 0.6) is 0 Å². The zero-order valence-corrected chi connectivity index (χ0v) is 17.2. The quantitative estimate of drug-likeness (QED) is 0.567. The fourth-order valence-electron chi connectivity index (χ4n) is 3.27. The van der Waals surface area contributed by atoms with Gasteiger partial charge >= 0.3 is 12.1 Å². The molecule has 2 aromatic heterocycles. The number of hydrogen-bond acceptors (Lipinski definition) is 5. The van der Waals surface area contributed by atoms with E-state index in [9.17, 15) is 18.0 Å². The second-order valence-corrected chi connectivity index (χ2v) is 7.35. The van der Waals surface area contributed by atoms with Crippen molar-refractivity contribution in [1.29, 1.82) is 0 Å². The zero-order chi connectivity index (χ0) is 23.3. The number of carbonyl (C=O) groups excluding carboxylic acids is 1. The van der Waals surface area contributed by atoms with Gasteiger partial charge in [-0.05, 0) is 49.0 Å². The van der Waals surface area contributed by atoms with E-state index >= 15 is 0 Å². The Balaban J connectivity index is 0.000000360. The van der Waals surface area contributed by atoms with Gasteiger partial charge in [-0.1, -0.05) is 12.1 Å². The molecule has 1 aromatic carbocycles. The topological polar surface area (TPSA) is 109 Å². The highest BCUT2D eigenvalue weighted by Gasteiger charge is 2.38. The van der Waals surface area contributed by atoms with E-state index in [0.29, 0.717) is 5.82 Å². The standard InChI is InChI=1S/C19H21N5O.C2HF3O2/c1-24-12-17(11-22-24)14-2-3-15-10-21-18(9-16(15)8-14)23-19(25)13-4-6-20-7-5-13;3-2(4,5)1(6)7/h2-3,8-13,20H,4-7H2,1H3,(H,21,23,25);(H,6,7). The first-order chi connectivity index (χ1) is 15.1. The number of aliphatic carboxylic acids is 1. The molecular formula is C21H22F3N5O3. The number of aromatic nitrogens is 3.